The highest BCUT2D eigenvalue weighted by Gasteiger charge is 2.20. The summed E-state index contributed by atoms with van der Waals surface area (Å²) in [6.07, 6.45) is 0. The number of nitrogens with one attached hydrogen (secondary N) is 1. The van der Waals surface area contributed by atoms with Gasteiger partial charge < -0.3 is 5.32 Å². The number of aromatic nitrogens is 2. The van der Waals surface area contributed by atoms with Gasteiger partial charge in [-0.2, -0.15) is 0 Å². The summed E-state index contributed by atoms with van der Waals surface area (Å²) in [6, 6.07) is 14.8. The van der Waals surface area contributed by atoms with Gasteiger partial charge in [0.05, 0.1) is 16.2 Å². The van der Waals surface area contributed by atoms with Crippen molar-refractivity contribution in [3.63, 3.8) is 0 Å². The monoisotopic (exact) mass is 459 g/mol. The number of fused-ring (bicyclic) bond motifs is 1. The molecule has 0 saturated heterocycles. The number of thioether (sulfide) groups is 1. The molecule has 0 fully saturated rings. The molecular formula is C21H22BrN3O2S. The third-order valence-corrected chi connectivity index (χ3v) is 5.70. The number of rotatable bonds is 6. The lowest BCUT2D eigenvalue weighted by molar-refractivity contribution is -0.115. The molecule has 0 aliphatic rings. The van der Waals surface area contributed by atoms with Crippen LogP contribution in [-0.4, -0.2) is 20.7 Å². The molecule has 1 N–H and O–H groups in total. The zero-order valence-electron chi connectivity index (χ0n) is 16.0. The molecular weight excluding hydrogens is 438 g/mol. The molecule has 28 heavy (non-hydrogen) atoms. The topological polar surface area (TPSA) is 64.0 Å². The first kappa shape index (κ1) is 20.6. The van der Waals surface area contributed by atoms with Crippen molar-refractivity contribution in [3.8, 4) is 0 Å². The Morgan fingerprint density at radius 1 is 1.18 bits per heavy atom. The number of nitrogens with zero attached hydrogens (tertiary/aromatic N) is 2. The normalized spacial score (nSPS) is 12.3. The standard InChI is InChI=1S/C21H22BrN3O2S/c1-13(2)12-25-20(27)17-11-15(22)9-10-18(17)24-21(25)28-14(3)19(26)23-16-7-5-4-6-8-16/h4-11,13-14H,12H2,1-3H3,(H,23,26). The molecule has 3 aromatic rings. The van der Waals surface area contributed by atoms with E-state index in [1.807, 2.05) is 49.4 Å². The Kier molecular flexibility index (Phi) is 6.57. The Hall–Kier alpha value is -2.12. The molecule has 0 spiro atoms. The van der Waals surface area contributed by atoms with E-state index in [9.17, 15) is 9.59 Å². The van der Waals surface area contributed by atoms with E-state index in [2.05, 4.69) is 40.1 Å². The SMILES string of the molecule is CC(C)Cn1c(SC(C)C(=O)Nc2ccccc2)nc2ccc(Br)cc2c1=O. The summed E-state index contributed by atoms with van der Waals surface area (Å²) in [6.45, 7) is 6.47. The first-order valence-corrected chi connectivity index (χ1v) is 10.7. The second-order valence-corrected chi connectivity index (χ2v) is 9.20. The van der Waals surface area contributed by atoms with Crippen LogP contribution in [0.4, 0.5) is 5.69 Å². The maximum atomic E-state index is 13.1. The third kappa shape index (κ3) is 4.83. The molecule has 2 aromatic carbocycles. The zero-order chi connectivity index (χ0) is 20.3. The minimum Gasteiger partial charge on any atom is -0.325 e. The first-order valence-electron chi connectivity index (χ1n) is 9.08. The fourth-order valence-electron chi connectivity index (χ4n) is 2.77. The predicted molar refractivity (Wildman–Crippen MR) is 119 cm³/mol. The fraction of sp³-hybridized carbons (Fsp3) is 0.286. The van der Waals surface area contributed by atoms with Gasteiger partial charge in [-0.25, -0.2) is 4.98 Å². The van der Waals surface area contributed by atoms with Gasteiger partial charge in [0.25, 0.3) is 5.56 Å². The van der Waals surface area contributed by atoms with Gasteiger partial charge in [0.15, 0.2) is 5.16 Å². The van der Waals surface area contributed by atoms with Crippen LogP contribution in [0.3, 0.4) is 0 Å². The molecule has 3 rings (SSSR count). The lowest BCUT2D eigenvalue weighted by atomic mass is 10.2. The highest BCUT2D eigenvalue weighted by Crippen LogP contribution is 2.25. The van der Waals surface area contributed by atoms with E-state index in [1.165, 1.54) is 11.8 Å². The van der Waals surface area contributed by atoms with Crippen LogP contribution in [-0.2, 0) is 11.3 Å². The van der Waals surface area contributed by atoms with Gasteiger partial charge in [0, 0.05) is 16.7 Å². The maximum absolute atomic E-state index is 13.1. The number of carbonyl (C=O) groups excluding carboxylic acids is 1. The second kappa shape index (κ2) is 8.92. The molecule has 0 bridgehead atoms. The Bertz CT molecular complexity index is 1050. The number of halogens is 1. The number of para-hydroxylation sites is 1. The van der Waals surface area contributed by atoms with Crippen LogP contribution in [0.25, 0.3) is 10.9 Å². The predicted octanol–water partition coefficient (Wildman–Crippen LogP) is 4.93. The van der Waals surface area contributed by atoms with E-state index in [-0.39, 0.29) is 17.4 Å². The maximum Gasteiger partial charge on any atom is 0.262 e. The number of hydrogen-bond acceptors (Lipinski definition) is 4. The molecule has 7 heteroatoms. The molecule has 0 aliphatic carbocycles. The molecule has 1 atom stereocenters. The molecule has 1 heterocycles. The average Bonchev–Trinajstić information content (AvgIpc) is 2.66. The quantitative estimate of drug-likeness (QED) is 0.418. The highest BCUT2D eigenvalue weighted by atomic mass is 79.9. The van der Waals surface area contributed by atoms with Gasteiger partial charge in [-0.05, 0) is 43.2 Å². The molecule has 0 saturated carbocycles. The minimum atomic E-state index is -0.404. The van der Waals surface area contributed by atoms with Crippen molar-refractivity contribution in [1.29, 1.82) is 0 Å². The Labute approximate surface area is 176 Å². The lowest BCUT2D eigenvalue weighted by Crippen LogP contribution is -2.28. The summed E-state index contributed by atoms with van der Waals surface area (Å²) >= 11 is 4.72. The number of benzene rings is 2. The van der Waals surface area contributed by atoms with Crippen LogP contribution in [0.5, 0.6) is 0 Å². The smallest absolute Gasteiger partial charge is 0.262 e. The van der Waals surface area contributed by atoms with Gasteiger partial charge in [-0.1, -0.05) is 59.7 Å². The van der Waals surface area contributed by atoms with Crippen molar-refractivity contribution in [2.75, 3.05) is 5.32 Å². The van der Waals surface area contributed by atoms with Gasteiger partial charge in [-0.3, -0.25) is 14.2 Å². The number of anilines is 1. The van der Waals surface area contributed by atoms with Gasteiger partial charge >= 0.3 is 0 Å². The van der Waals surface area contributed by atoms with Crippen LogP contribution in [0, 0.1) is 5.92 Å². The summed E-state index contributed by atoms with van der Waals surface area (Å²) in [4.78, 5) is 30.3. The van der Waals surface area contributed by atoms with Crippen molar-refractivity contribution in [3.05, 3.63) is 63.4 Å². The lowest BCUT2D eigenvalue weighted by Gasteiger charge is -2.17. The number of amides is 1. The van der Waals surface area contributed by atoms with Crippen molar-refractivity contribution >= 4 is 50.2 Å². The van der Waals surface area contributed by atoms with Crippen molar-refractivity contribution in [2.24, 2.45) is 5.92 Å². The van der Waals surface area contributed by atoms with E-state index in [0.29, 0.717) is 22.6 Å². The molecule has 0 radical (unpaired) electrons. The van der Waals surface area contributed by atoms with E-state index < -0.39 is 5.25 Å². The first-order chi connectivity index (χ1) is 13.3. The molecule has 1 aromatic heterocycles. The molecule has 5 nitrogen and oxygen atoms in total. The number of carbonyl (C=O) groups is 1. The average molecular weight is 460 g/mol. The minimum absolute atomic E-state index is 0.0850. The van der Waals surface area contributed by atoms with Crippen LogP contribution in [0.2, 0.25) is 0 Å². The summed E-state index contributed by atoms with van der Waals surface area (Å²) in [7, 11) is 0. The van der Waals surface area contributed by atoms with Gasteiger partial charge in [0.2, 0.25) is 5.91 Å². The largest absolute Gasteiger partial charge is 0.325 e. The van der Waals surface area contributed by atoms with E-state index in [0.717, 1.165) is 10.2 Å². The van der Waals surface area contributed by atoms with Crippen LogP contribution in [0.1, 0.15) is 20.8 Å². The summed E-state index contributed by atoms with van der Waals surface area (Å²) in [5.74, 6) is 0.148. The van der Waals surface area contributed by atoms with Gasteiger partial charge in [0.1, 0.15) is 0 Å². The molecule has 146 valence electrons. The Morgan fingerprint density at radius 2 is 1.89 bits per heavy atom. The fourth-order valence-corrected chi connectivity index (χ4v) is 4.04. The van der Waals surface area contributed by atoms with Crippen molar-refractivity contribution < 1.29 is 4.79 Å². The van der Waals surface area contributed by atoms with Crippen molar-refractivity contribution in [2.45, 2.75) is 37.7 Å². The van der Waals surface area contributed by atoms with Crippen LogP contribution < -0.4 is 10.9 Å². The molecule has 1 unspecified atom stereocenters. The van der Waals surface area contributed by atoms with Crippen molar-refractivity contribution in [1.82, 2.24) is 9.55 Å². The molecule has 1 amide bonds. The van der Waals surface area contributed by atoms with E-state index in [1.54, 1.807) is 10.6 Å². The summed E-state index contributed by atoms with van der Waals surface area (Å²) in [5, 5.41) is 3.63. The highest BCUT2D eigenvalue weighted by molar-refractivity contribution is 9.10. The summed E-state index contributed by atoms with van der Waals surface area (Å²) in [5.41, 5.74) is 1.29. The van der Waals surface area contributed by atoms with Crippen LogP contribution in [0.15, 0.2) is 63.0 Å². The Balaban J connectivity index is 1.93. The Morgan fingerprint density at radius 3 is 2.57 bits per heavy atom. The third-order valence-electron chi connectivity index (χ3n) is 4.12. The molecule has 0 aliphatic heterocycles. The number of hydrogen-bond donors (Lipinski definition) is 1. The van der Waals surface area contributed by atoms with Gasteiger partial charge in [-0.15, -0.1) is 0 Å². The zero-order valence-corrected chi connectivity index (χ0v) is 18.4. The van der Waals surface area contributed by atoms with E-state index >= 15 is 0 Å². The summed E-state index contributed by atoms with van der Waals surface area (Å²) < 4.78 is 2.52. The van der Waals surface area contributed by atoms with E-state index in [4.69, 9.17) is 0 Å². The second-order valence-electron chi connectivity index (χ2n) is 6.98. The van der Waals surface area contributed by atoms with Crippen LogP contribution >= 0.6 is 27.7 Å².